The zero-order chi connectivity index (χ0) is 24.8. The van der Waals surface area contributed by atoms with Gasteiger partial charge in [-0.25, -0.2) is 0 Å². The highest BCUT2D eigenvalue weighted by atomic mass is 35.5. The summed E-state index contributed by atoms with van der Waals surface area (Å²) >= 11 is 18.5. The molecular formula is C23H17Cl3F2N2O3S. The molecule has 2 aromatic carbocycles. The van der Waals surface area contributed by atoms with Gasteiger partial charge in [0.15, 0.2) is 0 Å². The Labute approximate surface area is 213 Å². The van der Waals surface area contributed by atoms with Crippen LogP contribution in [0.4, 0.5) is 8.78 Å². The van der Waals surface area contributed by atoms with E-state index in [1.807, 2.05) is 24.0 Å². The molecule has 0 spiro atoms. The number of carbonyl (C=O) groups is 1. The Kier molecular flexibility index (Phi) is 6.88. The first kappa shape index (κ1) is 24.9. The SMILES string of the molecule is COc1cc2c(cc1C)CN(C(=O)c1c(Sc3c(Cl)cccc3Cl)cc(C(F)(F)Cl)[nH]c1=O)C2. The lowest BCUT2D eigenvalue weighted by atomic mass is 10.1. The third-order valence-corrected chi connectivity index (χ3v) is 7.62. The fourth-order valence-electron chi connectivity index (χ4n) is 3.73. The van der Waals surface area contributed by atoms with E-state index in [0.29, 0.717) is 10.6 Å². The number of benzene rings is 2. The number of alkyl halides is 3. The quantitative estimate of drug-likeness (QED) is 0.367. The molecule has 1 amide bonds. The van der Waals surface area contributed by atoms with Gasteiger partial charge in [0.1, 0.15) is 17.0 Å². The summed E-state index contributed by atoms with van der Waals surface area (Å²) in [5, 5.41) is -3.36. The lowest BCUT2D eigenvalue weighted by Gasteiger charge is -2.19. The standard InChI is InChI=1S/C23H17Cl3F2N2O3S/c1-11-6-12-9-30(10-13(12)7-16(11)33-2)22(32)19-17(8-18(23(26,27)28)29-21(19)31)34-20-14(24)4-3-5-15(20)25/h3-8H,9-10H2,1-2H3,(H,29,31). The molecule has 0 bridgehead atoms. The van der Waals surface area contributed by atoms with Gasteiger partial charge in [0, 0.05) is 22.9 Å². The van der Waals surface area contributed by atoms with Crippen LogP contribution in [0.2, 0.25) is 10.0 Å². The minimum absolute atomic E-state index is 0.0382. The lowest BCUT2D eigenvalue weighted by Crippen LogP contribution is -2.32. The monoisotopic (exact) mass is 544 g/mol. The summed E-state index contributed by atoms with van der Waals surface area (Å²) in [5.41, 5.74) is 0.563. The molecule has 0 aliphatic carbocycles. The average Bonchev–Trinajstić information content (AvgIpc) is 3.17. The Balaban J connectivity index is 1.78. The van der Waals surface area contributed by atoms with Crippen molar-refractivity contribution in [3.8, 4) is 5.75 Å². The largest absolute Gasteiger partial charge is 0.496 e. The van der Waals surface area contributed by atoms with Crippen LogP contribution in [-0.4, -0.2) is 22.9 Å². The van der Waals surface area contributed by atoms with Crippen LogP contribution in [0.25, 0.3) is 0 Å². The van der Waals surface area contributed by atoms with Crippen LogP contribution in [0.5, 0.6) is 5.75 Å². The first-order valence-electron chi connectivity index (χ1n) is 9.91. The molecule has 0 radical (unpaired) electrons. The predicted octanol–water partition coefficient (Wildman–Crippen LogP) is 6.59. The maximum Gasteiger partial charge on any atom is 0.362 e. The number of hydrogen-bond acceptors (Lipinski definition) is 4. The van der Waals surface area contributed by atoms with E-state index in [4.69, 9.17) is 39.5 Å². The van der Waals surface area contributed by atoms with Crippen LogP contribution >= 0.6 is 46.6 Å². The molecule has 0 saturated heterocycles. The third-order valence-electron chi connectivity index (χ3n) is 5.37. The van der Waals surface area contributed by atoms with Crippen LogP contribution in [0.3, 0.4) is 0 Å². The van der Waals surface area contributed by atoms with E-state index >= 15 is 0 Å². The van der Waals surface area contributed by atoms with Crippen molar-refractivity contribution in [1.29, 1.82) is 0 Å². The fraction of sp³-hybridized carbons (Fsp3) is 0.217. The molecule has 11 heteroatoms. The number of nitrogens with zero attached hydrogens (tertiary/aromatic N) is 1. The second kappa shape index (κ2) is 9.41. The molecule has 34 heavy (non-hydrogen) atoms. The molecule has 1 aliphatic rings. The van der Waals surface area contributed by atoms with Crippen LogP contribution in [0.15, 0.2) is 51.0 Å². The van der Waals surface area contributed by atoms with Crippen molar-refractivity contribution in [2.45, 2.75) is 35.2 Å². The van der Waals surface area contributed by atoms with Crippen LogP contribution in [0, 0.1) is 6.92 Å². The number of aryl methyl sites for hydroxylation is 1. The summed E-state index contributed by atoms with van der Waals surface area (Å²) in [4.78, 5) is 30.2. The Morgan fingerprint density at radius 3 is 2.35 bits per heavy atom. The molecule has 0 unspecified atom stereocenters. The highest BCUT2D eigenvalue weighted by Crippen LogP contribution is 2.42. The van der Waals surface area contributed by atoms with Gasteiger partial charge in [0.2, 0.25) is 0 Å². The Morgan fingerprint density at radius 2 is 1.76 bits per heavy atom. The number of methoxy groups -OCH3 is 1. The van der Waals surface area contributed by atoms with Gasteiger partial charge in [0.05, 0.1) is 17.2 Å². The van der Waals surface area contributed by atoms with Crippen molar-refractivity contribution in [2.75, 3.05) is 7.11 Å². The highest BCUT2D eigenvalue weighted by Gasteiger charge is 2.34. The molecule has 2 heterocycles. The van der Waals surface area contributed by atoms with E-state index in [0.717, 1.165) is 34.5 Å². The topological polar surface area (TPSA) is 62.4 Å². The number of aromatic nitrogens is 1. The summed E-state index contributed by atoms with van der Waals surface area (Å²) in [6.07, 6.45) is 0. The first-order valence-corrected chi connectivity index (χ1v) is 11.9. The minimum atomic E-state index is -3.85. The summed E-state index contributed by atoms with van der Waals surface area (Å²) in [6.45, 7) is 2.37. The third kappa shape index (κ3) is 4.77. The van der Waals surface area contributed by atoms with Crippen molar-refractivity contribution >= 4 is 52.5 Å². The molecule has 178 valence electrons. The average molecular weight is 546 g/mol. The van der Waals surface area contributed by atoms with Gasteiger partial charge in [0.25, 0.3) is 11.5 Å². The van der Waals surface area contributed by atoms with Gasteiger partial charge in [-0.05, 0) is 59.5 Å². The molecule has 3 aromatic rings. The number of rotatable bonds is 5. The van der Waals surface area contributed by atoms with Gasteiger partial charge >= 0.3 is 5.38 Å². The number of hydrogen-bond donors (Lipinski definition) is 1. The number of pyridine rings is 1. The van der Waals surface area contributed by atoms with Gasteiger partial charge in [-0.3, -0.25) is 9.59 Å². The van der Waals surface area contributed by atoms with Crippen LogP contribution in [-0.2, 0) is 18.5 Å². The number of halogens is 5. The van der Waals surface area contributed by atoms with E-state index in [1.54, 1.807) is 25.3 Å². The van der Waals surface area contributed by atoms with Gasteiger partial charge in [-0.2, -0.15) is 8.78 Å². The normalized spacial score (nSPS) is 13.2. The molecule has 0 fully saturated rings. The van der Waals surface area contributed by atoms with E-state index in [-0.39, 0.29) is 33.6 Å². The zero-order valence-electron chi connectivity index (χ0n) is 17.8. The molecule has 0 atom stereocenters. The second-order valence-corrected chi connectivity index (χ2v) is 10.00. The van der Waals surface area contributed by atoms with Crippen LogP contribution in [0.1, 0.15) is 32.7 Å². The van der Waals surface area contributed by atoms with Crippen molar-refractivity contribution in [3.63, 3.8) is 0 Å². The number of carbonyl (C=O) groups excluding carboxylic acids is 1. The maximum absolute atomic E-state index is 13.9. The van der Waals surface area contributed by atoms with Crippen molar-refractivity contribution < 1.29 is 18.3 Å². The molecule has 4 rings (SSSR count). The molecule has 0 saturated carbocycles. The highest BCUT2D eigenvalue weighted by molar-refractivity contribution is 7.99. The number of aromatic amines is 1. The number of fused-ring (bicyclic) bond motifs is 1. The van der Waals surface area contributed by atoms with Gasteiger partial charge in [-0.15, -0.1) is 0 Å². The molecule has 1 aliphatic heterocycles. The maximum atomic E-state index is 13.9. The van der Waals surface area contributed by atoms with Crippen molar-refractivity contribution in [1.82, 2.24) is 9.88 Å². The Morgan fingerprint density at radius 1 is 1.15 bits per heavy atom. The number of amides is 1. The van der Waals surface area contributed by atoms with E-state index in [1.165, 1.54) is 4.90 Å². The molecule has 1 N–H and O–H groups in total. The van der Waals surface area contributed by atoms with Crippen molar-refractivity contribution in [3.05, 3.63) is 84.7 Å². The molecule has 5 nitrogen and oxygen atoms in total. The molecular weight excluding hydrogens is 529 g/mol. The smallest absolute Gasteiger partial charge is 0.362 e. The summed E-state index contributed by atoms with van der Waals surface area (Å²) in [7, 11) is 1.56. The van der Waals surface area contributed by atoms with Gasteiger partial charge < -0.3 is 14.6 Å². The van der Waals surface area contributed by atoms with Crippen molar-refractivity contribution in [2.24, 2.45) is 0 Å². The first-order chi connectivity index (χ1) is 16.0. The summed E-state index contributed by atoms with van der Waals surface area (Å²) in [5.74, 6) is 0.0633. The zero-order valence-corrected chi connectivity index (χ0v) is 20.9. The van der Waals surface area contributed by atoms with Crippen LogP contribution < -0.4 is 10.3 Å². The van der Waals surface area contributed by atoms with Gasteiger partial charge in [-0.1, -0.05) is 47.1 Å². The van der Waals surface area contributed by atoms with E-state index < -0.39 is 22.5 Å². The second-order valence-electron chi connectivity index (χ2n) is 7.65. The lowest BCUT2D eigenvalue weighted by molar-refractivity contribution is 0.0740. The Hall–Kier alpha value is -2.26. The summed E-state index contributed by atoms with van der Waals surface area (Å²) < 4.78 is 33.1. The number of ether oxygens (including phenoxy) is 1. The fourth-order valence-corrected chi connectivity index (χ4v) is 5.48. The number of nitrogens with one attached hydrogen (secondary N) is 1. The minimum Gasteiger partial charge on any atom is -0.496 e. The molecule has 1 aromatic heterocycles. The van der Waals surface area contributed by atoms with E-state index in [2.05, 4.69) is 0 Å². The predicted molar refractivity (Wildman–Crippen MR) is 129 cm³/mol. The number of H-pyrrole nitrogens is 1. The summed E-state index contributed by atoms with van der Waals surface area (Å²) in [6, 6.07) is 9.49. The Bertz CT molecular complexity index is 1340. The van der Waals surface area contributed by atoms with E-state index in [9.17, 15) is 18.4 Å².